The highest BCUT2D eigenvalue weighted by Crippen LogP contribution is 1.97. The van der Waals surface area contributed by atoms with E-state index in [9.17, 15) is 0 Å². The van der Waals surface area contributed by atoms with Gasteiger partial charge in [-0.2, -0.15) is 15.3 Å². The minimum atomic E-state index is 0.606. The Bertz CT molecular complexity index is 622. The van der Waals surface area contributed by atoms with Crippen molar-refractivity contribution in [2.75, 3.05) is 56.0 Å². The summed E-state index contributed by atoms with van der Waals surface area (Å²) >= 11 is 5.42. The molecule has 26 heavy (non-hydrogen) atoms. The quantitative estimate of drug-likeness (QED) is 0.340. The molecule has 0 aliphatic rings. The van der Waals surface area contributed by atoms with E-state index in [1.807, 2.05) is 12.1 Å². The van der Waals surface area contributed by atoms with Crippen LogP contribution in [0.3, 0.4) is 0 Å². The summed E-state index contributed by atoms with van der Waals surface area (Å²) < 4.78 is 0. The van der Waals surface area contributed by atoms with Crippen molar-refractivity contribution in [2.45, 2.75) is 0 Å². The maximum absolute atomic E-state index is 5.42. The van der Waals surface area contributed by atoms with Crippen molar-refractivity contribution in [3.63, 3.8) is 0 Å². The number of alkyl halides is 1. The van der Waals surface area contributed by atoms with E-state index in [1.165, 1.54) is 0 Å². The predicted molar refractivity (Wildman–Crippen MR) is 106 cm³/mol. The van der Waals surface area contributed by atoms with Gasteiger partial charge in [0.1, 0.15) is 17.5 Å². The maximum atomic E-state index is 5.42. The maximum Gasteiger partial charge on any atom is 0.121 e. The van der Waals surface area contributed by atoms with Gasteiger partial charge in [0.05, 0.1) is 18.6 Å². The van der Waals surface area contributed by atoms with E-state index in [2.05, 4.69) is 60.2 Å². The molecule has 0 saturated heterocycles. The molecule has 10 nitrogen and oxygen atoms in total. The van der Waals surface area contributed by atoms with E-state index in [4.69, 9.17) is 17.3 Å². The average Bonchev–Trinajstić information content (AvgIpc) is 3.37. The zero-order valence-corrected chi connectivity index (χ0v) is 15.8. The summed E-state index contributed by atoms with van der Waals surface area (Å²) in [4.78, 5) is 2.13. The lowest BCUT2D eigenvalue weighted by Gasteiger charge is -2.09. The fourth-order valence-electron chi connectivity index (χ4n) is 1.57. The molecule has 0 saturated carbocycles. The summed E-state index contributed by atoms with van der Waals surface area (Å²) in [6.45, 7) is 2.73. The molecule has 144 valence electrons. The molecule has 0 amide bonds. The van der Waals surface area contributed by atoms with Crippen LogP contribution in [-0.4, -0.2) is 75.1 Å². The lowest BCUT2D eigenvalue weighted by Crippen LogP contribution is -2.20. The van der Waals surface area contributed by atoms with Crippen molar-refractivity contribution >= 4 is 29.1 Å². The van der Waals surface area contributed by atoms with Gasteiger partial charge in [0, 0.05) is 25.5 Å². The van der Waals surface area contributed by atoms with Crippen molar-refractivity contribution in [2.24, 2.45) is 0 Å². The van der Waals surface area contributed by atoms with Gasteiger partial charge in [-0.25, -0.2) is 0 Å². The third kappa shape index (κ3) is 10.9. The Morgan fingerprint density at radius 1 is 0.923 bits per heavy atom. The minimum absolute atomic E-state index is 0.606. The van der Waals surface area contributed by atoms with Gasteiger partial charge in [0.25, 0.3) is 0 Å². The van der Waals surface area contributed by atoms with Crippen LogP contribution in [0.25, 0.3) is 0 Å². The fourth-order valence-corrected chi connectivity index (χ4v) is 1.67. The van der Waals surface area contributed by atoms with Crippen LogP contribution in [0, 0.1) is 0 Å². The van der Waals surface area contributed by atoms with Crippen molar-refractivity contribution in [1.29, 1.82) is 0 Å². The first-order valence-corrected chi connectivity index (χ1v) is 8.57. The van der Waals surface area contributed by atoms with Gasteiger partial charge >= 0.3 is 0 Å². The summed E-state index contributed by atoms with van der Waals surface area (Å²) in [6.07, 6.45) is 5.03. The molecule has 3 heterocycles. The molecule has 0 fully saturated rings. The zero-order valence-electron chi connectivity index (χ0n) is 15.0. The molecule has 0 unspecified atom stereocenters. The zero-order chi connectivity index (χ0) is 19.0. The summed E-state index contributed by atoms with van der Waals surface area (Å²) in [5, 5.41) is 25.5. The molecular weight excluding hydrogens is 356 g/mol. The van der Waals surface area contributed by atoms with Crippen LogP contribution in [0.2, 0.25) is 0 Å². The van der Waals surface area contributed by atoms with Crippen LogP contribution >= 0.6 is 11.6 Å². The Morgan fingerprint density at radius 2 is 1.46 bits per heavy atom. The Labute approximate surface area is 157 Å². The number of aromatic nitrogens is 6. The summed E-state index contributed by atoms with van der Waals surface area (Å²) in [6, 6.07) is 5.46. The first kappa shape index (κ1) is 21.3. The number of anilines is 3. The van der Waals surface area contributed by atoms with Crippen LogP contribution in [0.1, 0.15) is 0 Å². The number of likely N-dealkylation sites (N-methyl/N-ethyl adjacent to an activating group) is 1. The number of hydrogen-bond acceptors (Lipinski definition) is 7. The number of halogens is 1. The standard InChI is InChI=1S/C7H14N4.C5H8ClN3.C3H5N3/c1-11(2)6-5-8-7-3-4-9-10-7;6-2-4-7-5-1-3-8-9-5;4-3-1-2-5-6-3/h3-4H,5-6H2,1-2H3,(H2,8,9,10);1,3H,2,4H2,(H2,7,8,9);1-2H,(H3,4,5,6). The molecule has 0 aliphatic carbocycles. The topological polar surface area (TPSA) is 139 Å². The number of nitrogens with one attached hydrogen (secondary N) is 5. The highest BCUT2D eigenvalue weighted by Gasteiger charge is 1.91. The van der Waals surface area contributed by atoms with Crippen LogP contribution in [0.4, 0.5) is 17.5 Å². The normalized spacial score (nSPS) is 9.69. The van der Waals surface area contributed by atoms with E-state index in [0.29, 0.717) is 11.7 Å². The van der Waals surface area contributed by atoms with Crippen LogP contribution in [0.15, 0.2) is 36.8 Å². The summed E-state index contributed by atoms with van der Waals surface area (Å²) in [5.74, 6) is 3.11. The Morgan fingerprint density at radius 3 is 1.81 bits per heavy atom. The number of aromatic amines is 3. The molecule has 7 N–H and O–H groups in total. The smallest absolute Gasteiger partial charge is 0.121 e. The molecule has 0 radical (unpaired) electrons. The minimum Gasteiger partial charge on any atom is -0.384 e. The molecule has 0 bridgehead atoms. The third-order valence-corrected chi connectivity index (χ3v) is 3.00. The second kappa shape index (κ2) is 13.6. The number of nitrogens with two attached hydrogens (primary N) is 1. The lowest BCUT2D eigenvalue weighted by atomic mass is 10.5. The van der Waals surface area contributed by atoms with Crippen LogP contribution < -0.4 is 16.4 Å². The van der Waals surface area contributed by atoms with Crippen LogP contribution in [-0.2, 0) is 0 Å². The molecule has 0 atom stereocenters. The molecule has 0 aromatic carbocycles. The molecule has 3 aromatic heterocycles. The van der Waals surface area contributed by atoms with Gasteiger partial charge in [0.15, 0.2) is 0 Å². The molecule has 11 heteroatoms. The number of nitrogens with zero attached hydrogens (tertiary/aromatic N) is 4. The van der Waals surface area contributed by atoms with Crippen molar-refractivity contribution < 1.29 is 0 Å². The Balaban J connectivity index is 0.000000203. The molecule has 3 aromatic rings. The van der Waals surface area contributed by atoms with E-state index in [1.54, 1.807) is 24.7 Å². The Kier molecular flexibility index (Phi) is 11.1. The van der Waals surface area contributed by atoms with Crippen molar-refractivity contribution in [3.05, 3.63) is 36.8 Å². The first-order chi connectivity index (χ1) is 12.6. The summed E-state index contributed by atoms with van der Waals surface area (Å²) in [7, 11) is 4.10. The number of nitrogen functional groups attached to an aromatic ring is 1. The molecule has 0 spiro atoms. The van der Waals surface area contributed by atoms with Gasteiger partial charge in [-0.1, -0.05) is 0 Å². The van der Waals surface area contributed by atoms with Crippen LogP contribution in [0.5, 0.6) is 0 Å². The van der Waals surface area contributed by atoms with E-state index >= 15 is 0 Å². The molecular formula is C15H27ClN10. The van der Waals surface area contributed by atoms with E-state index in [-0.39, 0.29) is 0 Å². The second-order valence-corrected chi connectivity index (χ2v) is 5.68. The molecule has 3 rings (SSSR count). The monoisotopic (exact) mass is 382 g/mol. The first-order valence-electron chi connectivity index (χ1n) is 8.04. The van der Waals surface area contributed by atoms with E-state index < -0.39 is 0 Å². The average molecular weight is 383 g/mol. The predicted octanol–water partition coefficient (Wildman–Crippen LogP) is 1.44. The van der Waals surface area contributed by atoms with Gasteiger partial charge in [-0.3, -0.25) is 15.3 Å². The van der Waals surface area contributed by atoms with Gasteiger partial charge in [0.2, 0.25) is 0 Å². The van der Waals surface area contributed by atoms with E-state index in [0.717, 1.165) is 31.3 Å². The largest absolute Gasteiger partial charge is 0.384 e. The second-order valence-electron chi connectivity index (χ2n) is 5.30. The lowest BCUT2D eigenvalue weighted by molar-refractivity contribution is 0.425. The van der Waals surface area contributed by atoms with Gasteiger partial charge in [-0.15, -0.1) is 11.6 Å². The third-order valence-electron chi connectivity index (χ3n) is 2.81. The SMILES string of the molecule is CN(C)CCNc1ccn[nH]1.ClCCNc1ccn[nH]1.Nc1ccn[nH]1. The highest BCUT2D eigenvalue weighted by atomic mass is 35.5. The highest BCUT2D eigenvalue weighted by molar-refractivity contribution is 6.18. The summed E-state index contributed by atoms with van der Waals surface area (Å²) in [5.41, 5.74) is 5.16. The molecule has 0 aliphatic heterocycles. The number of hydrogen-bond donors (Lipinski definition) is 6. The van der Waals surface area contributed by atoms with Crippen molar-refractivity contribution in [1.82, 2.24) is 35.5 Å². The fraction of sp³-hybridized carbons (Fsp3) is 0.400. The van der Waals surface area contributed by atoms with Crippen molar-refractivity contribution in [3.8, 4) is 0 Å². The Hall–Kier alpha value is -2.72. The number of H-pyrrole nitrogens is 3. The van der Waals surface area contributed by atoms with Gasteiger partial charge in [-0.05, 0) is 32.3 Å². The van der Waals surface area contributed by atoms with Gasteiger partial charge < -0.3 is 21.3 Å². The number of rotatable bonds is 7.